The molecule has 0 amide bonds. The molecule has 0 radical (unpaired) electrons. The maximum Gasteiger partial charge on any atom is 0.163 e. The SMILES string of the molecule is COc1ccc([C@H]2CCNCC[C@@H]2COc2ccc3c(c2)C(=O)CC3)cc1. The lowest BCUT2D eigenvalue weighted by atomic mass is 9.83. The molecule has 142 valence electrons. The van der Waals surface area contributed by atoms with Crippen LogP contribution in [0.2, 0.25) is 0 Å². The fourth-order valence-electron chi connectivity index (χ4n) is 4.31. The normalized spacial score (nSPS) is 22.2. The second kappa shape index (κ2) is 8.13. The molecule has 1 saturated heterocycles. The van der Waals surface area contributed by atoms with Gasteiger partial charge in [0.2, 0.25) is 0 Å². The third kappa shape index (κ3) is 4.01. The van der Waals surface area contributed by atoms with Gasteiger partial charge in [0.05, 0.1) is 13.7 Å². The van der Waals surface area contributed by atoms with E-state index in [1.54, 1.807) is 7.11 Å². The Bertz CT molecular complexity index is 800. The summed E-state index contributed by atoms with van der Waals surface area (Å²) in [5.74, 6) is 2.85. The molecule has 0 aromatic heterocycles. The number of carbonyl (C=O) groups excluding carboxylic acids is 1. The van der Waals surface area contributed by atoms with Crippen LogP contribution in [0.4, 0.5) is 0 Å². The smallest absolute Gasteiger partial charge is 0.163 e. The fraction of sp³-hybridized carbons (Fsp3) is 0.435. The zero-order valence-corrected chi connectivity index (χ0v) is 15.9. The number of ether oxygens (including phenoxy) is 2. The van der Waals surface area contributed by atoms with E-state index in [0.29, 0.717) is 24.9 Å². The van der Waals surface area contributed by atoms with Gasteiger partial charge >= 0.3 is 0 Å². The van der Waals surface area contributed by atoms with Crippen molar-refractivity contribution in [2.75, 3.05) is 26.8 Å². The van der Waals surface area contributed by atoms with E-state index in [9.17, 15) is 4.79 Å². The van der Waals surface area contributed by atoms with Crippen LogP contribution in [-0.4, -0.2) is 32.6 Å². The van der Waals surface area contributed by atoms with E-state index in [1.165, 1.54) is 5.56 Å². The molecule has 2 aromatic carbocycles. The summed E-state index contributed by atoms with van der Waals surface area (Å²) in [6.07, 6.45) is 3.68. The summed E-state index contributed by atoms with van der Waals surface area (Å²) in [7, 11) is 1.70. The maximum absolute atomic E-state index is 12.0. The molecule has 0 unspecified atom stereocenters. The highest BCUT2D eigenvalue weighted by Gasteiger charge is 2.26. The highest BCUT2D eigenvalue weighted by molar-refractivity contribution is 6.00. The zero-order valence-electron chi connectivity index (χ0n) is 15.9. The van der Waals surface area contributed by atoms with E-state index in [2.05, 4.69) is 17.4 Å². The average Bonchev–Trinajstić information content (AvgIpc) is 2.92. The van der Waals surface area contributed by atoms with Crippen molar-refractivity contribution >= 4 is 5.78 Å². The molecule has 1 aliphatic heterocycles. The summed E-state index contributed by atoms with van der Waals surface area (Å²) in [6, 6.07) is 14.4. The number of fused-ring (bicyclic) bond motifs is 1. The van der Waals surface area contributed by atoms with Crippen LogP contribution in [0.1, 0.15) is 46.7 Å². The molecule has 0 bridgehead atoms. The molecule has 1 aliphatic carbocycles. The number of hydrogen-bond acceptors (Lipinski definition) is 4. The third-order valence-corrected chi connectivity index (χ3v) is 5.90. The van der Waals surface area contributed by atoms with Gasteiger partial charge in [0.15, 0.2) is 5.78 Å². The van der Waals surface area contributed by atoms with Gasteiger partial charge in [-0.1, -0.05) is 18.2 Å². The maximum atomic E-state index is 12.0. The first kappa shape index (κ1) is 18.1. The number of aryl methyl sites for hydroxylation is 1. The first-order valence-electron chi connectivity index (χ1n) is 9.88. The number of benzene rings is 2. The Kier molecular flexibility index (Phi) is 5.44. The summed E-state index contributed by atoms with van der Waals surface area (Å²) >= 11 is 0. The van der Waals surface area contributed by atoms with Crippen LogP contribution in [0.15, 0.2) is 42.5 Å². The Hall–Kier alpha value is -2.33. The van der Waals surface area contributed by atoms with E-state index in [-0.39, 0.29) is 5.78 Å². The molecule has 2 atom stereocenters. The number of rotatable bonds is 5. The molecule has 0 saturated carbocycles. The van der Waals surface area contributed by atoms with Gasteiger partial charge in [-0.25, -0.2) is 0 Å². The molecule has 1 heterocycles. The highest BCUT2D eigenvalue weighted by atomic mass is 16.5. The van der Waals surface area contributed by atoms with Crippen LogP contribution in [0.25, 0.3) is 0 Å². The van der Waals surface area contributed by atoms with E-state index in [4.69, 9.17) is 9.47 Å². The van der Waals surface area contributed by atoms with Crippen molar-refractivity contribution in [3.63, 3.8) is 0 Å². The van der Waals surface area contributed by atoms with Gasteiger partial charge in [-0.2, -0.15) is 0 Å². The summed E-state index contributed by atoms with van der Waals surface area (Å²) in [5, 5.41) is 3.51. The quantitative estimate of drug-likeness (QED) is 0.870. The molecule has 4 rings (SSSR count). The Morgan fingerprint density at radius 1 is 1.00 bits per heavy atom. The fourth-order valence-corrected chi connectivity index (χ4v) is 4.31. The standard InChI is InChI=1S/C23H27NO3/c1-26-19-6-2-16(3-7-19)21-11-13-24-12-10-18(21)15-27-20-8-4-17-5-9-23(25)22(17)14-20/h2-4,6-8,14,18,21,24H,5,9-13,15H2,1H3/t18-,21-/m1/s1. The van der Waals surface area contributed by atoms with Gasteiger partial charge in [0.1, 0.15) is 11.5 Å². The Morgan fingerprint density at radius 2 is 1.78 bits per heavy atom. The minimum atomic E-state index is 0.241. The molecule has 1 N–H and O–H groups in total. The molecule has 2 aromatic rings. The first-order chi connectivity index (χ1) is 13.2. The Labute approximate surface area is 160 Å². The van der Waals surface area contributed by atoms with Crippen molar-refractivity contribution in [1.82, 2.24) is 5.32 Å². The summed E-state index contributed by atoms with van der Waals surface area (Å²) < 4.78 is 11.5. The van der Waals surface area contributed by atoms with Gasteiger partial charge in [-0.05, 0) is 73.7 Å². The number of methoxy groups -OCH3 is 1. The van der Waals surface area contributed by atoms with Crippen LogP contribution < -0.4 is 14.8 Å². The van der Waals surface area contributed by atoms with Crippen molar-refractivity contribution in [3.8, 4) is 11.5 Å². The van der Waals surface area contributed by atoms with Crippen molar-refractivity contribution in [1.29, 1.82) is 0 Å². The largest absolute Gasteiger partial charge is 0.497 e. The zero-order chi connectivity index (χ0) is 18.6. The van der Waals surface area contributed by atoms with E-state index >= 15 is 0 Å². The average molecular weight is 365 g/mol. The lowest BCUT2D eigenvalue weighted by Gasteiger charge is -2.25. The Morgan fingerprint density at radius 3 is 2.59 bits per heavy atom. The molecular weight excluding hydrogens is 338 g/mol. The van der Waals surface area contributed by atoms with E-state index < -0.39 is 0 Å². The molecule has 4 nitrogen and oxygen atoms in total. The predicted molar refractivity (Wildman–Crippen MR) is 106 cm³/mol. The number of carbonyl (C=O) groups is 1. The van der Waals surface area contributed by atoms with Crippen LogP contribution in [0.3, 0.4) is 0 Å². The van der Waals surface area contributed by atoms with Crippen LogP contribution >= 0.6 is 0 Å². The number of ketones is 1. The molecule has 1 fully saturated rings. The number of hydrogen-bond donors (Lipinski definition) is 1. The number of nitrogens with one attached hydrogen (secondary N) is 1. The summed E-state index contributed by atoms with van der Waals surface area (Å²) in [5.41, 5.74) is 3.35. The number of Topliss-reactive ketones (excluding diaryl/α,β-unsaturated/α-hetero) is 1. The first-order valence-corrected chi connectivity index (χ1v) is 9.88. The Balaban J connectivity index is 1.48. The van der Waals surface area contributed by atoms with E-state index in [1.807, 2.05) is 30.3 Å². The van der Waals surface area contributed by atoms with Gasteiger partial charge in [0.25, 0.3) is 0 Å². The van der Waals surface area contributed by atoms with Gasteiger partial charge in [0, 0.05) is 17.9 Å². The highest BCUT2D eigenvalue weighted by Crippen LogP contribution is 2.34. The second-order valence-electron chi connectivity index (χ2n) is 7.52. The second-order valence-corrected chi connectivity index (χ2v) is 7.52. The van der Waals surface area contributed by atoms with Crippen LogP contribution in [0, 0.1) is 5.92 Å². The van der Waals surface area contributed by atoms with E-state index in [0.717, 1.165) is 55.0 Å². The lowest BCUT2D eigenvalue weighted by molar-refractivity contribution is 0.0994. The molecular formula is C23H27NO3. The molecule has 27 heavy (non-hydrogen) atoms. The summed E-state index contributed by atoms with van der Waals surface area (Å²) in [4.78, 5) is 12.0. The van der Waals surface area contributed by atoms with Crippen molar-refractivity contribution < 1.29 is 14.3 Å². The molecule has 0 spiro atoms. The topological polar surface area (TPSA) is 47.6 Å². The third-order valence-electron chi connectivity index (χ3n) is 5.90. The van der Waals surface area contributed by atoms with Crippen molar-refractivity contribution in [2.45, 2.75) is 31.6 Å². The van der Waals surface area contributed by atoms with Crippen molar-refractivity contribution in [3.05, 3.63) is 59.2 Å². The lowest BCUT2D eigenvalue weighted by Crippen LogP contribution is -2.21. The van der Waals surface area contributed by atoms with Crippen LogP contribution in [0.5, 0.6) is 11.5 Å². The van der Waals surface area contributed by atoms with Gasteiger partial charge in [-0.15, -0.1) is 0 Å². The molecule has 2 aliphatic rings. The van der Waals surface area contributed by atoms with Gasteiger partial charge < -0.3 is 14.8 Å². The molecule has 4 heteroatoms. The summed E-state index contributed by atoms with van der Waals surface area (Å²) in [6.45, 7) is 2.72. The minimum Gasteiger partial charge on any atom is -0.497 e. The minimum absolute atomic E-state index is 0.241. The monoisotopic (exact) mass is 365 g/mol. The van der Waals surface area contributed by atoms with Gasteiger partial charge in [-0.3, -0.25) is 4.79 Å². The predicted octanol–water partition coefficient (Wildman–Crippen LogP) is 3.99. The van der Waals surface area contributed by atoms with Crippen LogP contribution in [-0.2, 0) is 6.42 Å². The van der Waals surface area contributed by atoms with Crippen molar-refractivity contribution in [2.24, 2.45) is 5.92 Å².